The van der Waals surface area contributed by atoms with Gasteiger partial charge in [-0.25, -0.2) is 4.68 Å². The maximum absolute atomic E-state index is 11.1. The van der Waals surface area contributed by atoms with Crippen LogP contribution >= 0.6 is 15.9 Å². The first-order valence-electron chi connectivity index (χ1n) is 5.83. The Morgan fingerprint density at radius 2 is 2.29 bits per heavy atom. The average molecular weight is 355 g/mol. The van der Waals surface area contributed by atoms with Crippen molar-refractivity contribution in [1.82, 2.24) is 20.3 Å². The van der Waals surface area contributed by atoms with Crippen LogP contribution in [0.15, 0.2) is 28.9 Å². The van der Waals surface area contributed by atoms with Crippen LogP contribution in [-0.4, -0.2) is 32.4 Å². The fraction of sp³-hybridized carbons (Fsp3) is 0.182. The zero-order chi connectivity index (χ0) is 15.4. The van der Waals surface area contributed by atoms with E-state index in [9.17, 15) is 14.9 Å². The first-order valence-corrected chi connectivity index (χ1v) is 6.63. The summed E-state index contributed by atoms with van der Waals surface area (Å²) < 4.78 is 1.97. The summed E-state index contributed by atoms with van der Waals surface area (Å²) in [6.07, 6.45) is 1.61. The van der Waals surface area contributed by atoms with Crippen LogP contribution in [0.1, 0.15) is 5.69 Å². The van der Waals surface area contributed by atoms with Crippen molar-refractivity contribution in [1.29, 1.82) is 0 Å². The third-order valence-electron chi connectivity index (χ3n) is 2.58. The number of amides is 1. The fourth-order valence-electron chi connectivity index (χ4n) is 1.55. The highest BCUT2D eigenvalue weighted by molar-refractivity contribution is 9.10. The molecule has 10 heteroatoms. The molecule has 3 N–H and O–H groups in total. The van der Waals surface area contributed by atoms with Crippen LogP contribution in [0.2, 0.25) is 0 Å². The smallest absolute Gasteiger partial charge is 0.270 e. The van der Waals surface area contributed by atoms with Crippen LogP contribution in [0.5, 0.6) is 0 Å². The predicted molar refractivity (Wildman–Crippen MR) is 76.6 cm³/mol. The number of halogens is 1. The standard InChI is InChI=1S/C11H11BrN6O3/c12-9-3-8(18(20)21)1-2-10(9)17-6-7(15-16-17)5-14-11(19)4-13/h1-3,6H,4-5,13H2,(H,14,19). The van der Waals surface area contributed by atoms with E-state index in [4.69, 9.17) is 5.73 Å². The summed E-state index contributed by atoms with van der Waals surface area (Å²) >= 11 is 3.26. The van der Waals surface area contributed by atoms with Gasteiger partial charge in [-0.1, -0.05) is 5.21 Å². The summed E-state index contributed by atoms with van der Waals surface area (Å²) in [5, 5.41) is 21.1. The first-order chi connectivity index (χ1) is 10.0. The number of nitrogens with zero attached hydrogens (tertiary/aromatic N) is 4. The maximum Gasteiger partial charge on any atom is 0.270 e. The Morgan fingerprint density at radius 1 is 1.52 bits per heavy atom. The highest BCUT2D eigenvalue weighted by Gasteiger charge is 2.12. The molecule has 9 nitrogen and oxygen atoms in total. The van der Waals surface area contributed by atoms with E-state index < -0.39 is 4.92 Å². The molecule has 0 aliphatic carbocycles. The van der Waals surface area contributed by atoms with Crippen LogP contribution < -0.4 is 11.1 Å². The zero-order valence-corrected chi connectivity index (χ0v) is 12.3. The van der Waals surface area contributed by atoms with Crippen molar-refractivity contribution < 1.29 is 9.72 Å². The van der Waals surface area contributed by atoms with Crippen LogP contribution in [-0.2, 0) is 11.3 Å². The molecular weight excluding hydrogens is 344 g/mol. The second-order valence-corrected chi connectivity index (χ2v) is 4.88. The molecule has 0 fully saturated rings. The number of hydrogen-bond donors (Lipinski definition) is 2. The first kappa shape index (κ1) is 15.1. The van der Waals surface area contributed by atoms with Crippen LogP contribution in [0.3, 0.4) is 0 Å². The van der Waals surface area contributed by atoms with Gasteiger partial charge in [0.1, 0.15) is 5.69 Å². The molecule has 0 aliphatic heterocycles. The van der Waals surface area contributed by atoms with Gasteiger partial charge in [0.05, 0.1) is 34.4 Å². The molecule has 1 aromatic carbocycles. The van der Waals surface area contributed by atoms with Gasteiger partial charge >= 0.3 is 0 Å². The van der Waals surface area contributed by atoms with Crippen LogP contribution in [0, 0.1) is 10.1 Å². The summed E-state index contributed by atoms with van der Waals surface area (Å²) in [7, 11) is 0. The maximum atomic E-state index is 11.1. The fourth-order valence-corrected chi connectivity index (χ4v) is 2.10. The minimum atomic E-state index is -0.482. The van der Waals surface area contributed by atoms with Crippen molar-refractivity contribution in [2.24, 2.45) is 5.73 Å². The number of aromatic nitrogens is 3. The molecule has 0 radical (unpaired) electrons. The second-order valence-electron chi connectivity index (χ2n) is 4.03. The van der Waals surface area contributed by atoms with Gasteiger partial charge in [-0.3, -0.25) is 14.9 Å². The normalized spacial score (nSPS) is 10.4. The van der Waals surface area contributed by atoms with E-state index in [1.54, 1.807) is 12.3 Å². The number of rotatable bonds is 5. The molecule has 110 valence electrons. The van der Waals surface area contributed by atoms with Crippen molar-refractivity contribution in [2.45, 2.75) is 6.54 Å². The molecule has 0 unspecified atom stereocenters. The van der Waals surface area contributed by atoms with Gasteiger partial charge in [-0.15, -0.1) is 5.10 Å². The predicted octanol–water partition coefficient (Wildman–Crippen LogP) is 0.513. The van der Waals surface area contributed by atoms with Gasteiger partial charge in [0.15, 0.2) is 0 Å². The lowest BCUT2D eigenvalue weighted by Gasteiger charge is -2.03. The Kier molecular flexibility index (Phi) is 4.60. The number of hydrogen-bond acceptors (Lipinski definition) is 6. The Morgan fingerprint density at radius 3 is 2.90 bits per heavy atom. The lowest BCUT2D eigenvalue weighted by molar-refractivity contribution is -0.384. The summed E-state index contributed by atoms with van der Waals surface area (Å²) in [6, 6.07) is 4.31. The molecule has 21 heavy (non-hydrogen) atoms. The van der Waals surface area contributed by atoms with Crippen LogP contribution in [0.4, 0.5) is 5.69 Å². The lowest BCUT2D eigenvalue weighted by atomic mass is 10.3. The van der Waals surface area contributed by atoms with Crippen molar-refractivity contribution in [3.05, 3.63) is 44.7 Å². The Bertz CT molecular complexity index is 686. The molecule has 1 amide bonds. The van der Waals surface area contributed by atoms with E-state index in [1.807, 2.05) is 0 Å². The van der Waals surface area contributed by atoms with Crippen LogP contribution in [0.25, 0.3) is 5.69 Å². The third kappa shape index (κ3) is 3.61. The number of carbonyl (C=O) groups excluding carboxylic acids is 1. The summed E-state index contributed by atoms with van der Waals surface area (Å²) in [5.41, 5.74) is 6.29. The molecular formula is C11H11BrN6O3. The third-order valence-corrected chi connectivity index (χ3v) is 3.22. The molecule has 1 heterocycles. The number of non-ortho nitro benzene ring substituents is 1. The number of nitrogens with two attached hydrogens (primary N) is 1. The van der Waals surface area contributed by atoms with E-state index in [-0.39, 0.29) is 24.7 Å². The monoisotopic (exact) mass is 354 g/mol. The lowest BCUT2D eigenvalue weighted by Crippen LogP contribution is -2.29. The summed E-state index contributed by atoms with van der Waals surface area (Å²) in [6.45, 7) is 0.114. The average Bonchev–Trinajstić information content (AvgIpc) is 2.93. The minimum absolute atomic E-state index is 0.0267. The number of nitrogens with one attached hydrogen (secondary N) is 1. The van der Waals surface area contributed by atoms with Gasteiger partial charge in [0.25, 0.3) is 5.69 Å². The van der Waals surface area contributed by atoms with E-state index >= 15 is 0 Å². The molecule has 1 aromatic heterocycles. The Labute approximate surface area is 127 Å². The van der Waals surface area contributed by atoms with Gasteiger partial charge < -0.3 is 11.1 Å². The highest BCUT2D eigenvalue weighted by Crippen LogP contribution is 2.25. The molecule has 0 aliphatic rings. The van der Waals surface area contributed by atoms with E-state index in [0.717, 1.165) is 0 Å². The zero-order valence-electron chi connectivity index (χ0n) is 10.7. The number of nitro groups is 1. The van der Waals surface area contributed by atoms with Gasteiger partial charge in [-0.2, -0.15) is 0 Å². The number of benzene rings is 1. The minimum Gasteiger partial charge on any atom is -0.349 e. The quantitative estimate of drug-likeness (QED) is 0.594. The Balaban J connectivity index is 2.17. The van der Waals surface area contributed by atoms with Crippen molar-refractivity contribution in [2.75, 3.05) is 6.54 Å². The van der Waals surface area contributed by atoms with Gasteiger partial charge in [0.2, 0.25) is 5.91 Å². The molecule has 2 rings (SSSR count). The van der Waals surface area contributed by atoms with Crippen molar-refractivity contribution in [3.8, 4) is 5.69 Å². The number of nitro benzene ring substituents is 1. The van der Waals surface area contributed by atoms with E-state index in [0.29, 0.717) is 15.9 Å². The van der Waals surface area contributed by atoms with Crippen molar-refractivity contribution >= 4 is 27.5 Å². The molecule has 2 aromatic rings. The topological polar surface area (TPSA) is 129 Å². The Hall–Kier alpha value is -2.33. The van der Waals surface area contributed by atoms with E-state index in [2.05, 4.69) is 31.6 Å². The SMILES string of the molecule is NCC(=O)NCc1cn(-c2ccc([N+](=O)[O-])cc2Br)nn1. The molecule has 0 bridgehead atoms. The molecule has 0 saturated carbocycles. The summed E-state index contributed by atoms with van der Waals surface area (Å²) in [4.78, 5) is 21.3. The molecule has 0 saturated heterocycles. The van der Waals surface area contributed by atoms with Gasteiger partial charge in [-0.05, 0) is 22.0 Å². The van der Waals surface area contributed by atoms with E-state index in [1.165, 1.54) is 16.8 Å². The van der Waals surface area contributed by atoms with Crippen molar-refractivity contribution in [3.63, 3.8) is 0 Å². The largest absolute Gasteiger partial charge is 0.349 e. The second kappa shape index (κ2) is 6.41. The highest BCUT2D eigenvalue weighted by atomic mass is 79.9. The summed E-state index contributed by atoms with van der Waals surface area (Å²) in [5.74, 6) is -0.291. The van der Waals surface area contributed by atoms with Gasteiger partial charge in [0, 0.05) is 12.1 Å². The molecule has 0 atom stereocenters. The molecule has 0 spiro atoms. The number of carbonyl (C=O) groups is 1.